The molecular weight excluding hydrogens is 230 g/mol. The van der Waals surface area contributed by atoms with E-state index >= 15 is 0 Å². The number of hydrogen-bond acceptors (Lipinski definition) is 5. The number of aromatic nitrogens is 1. The largest absolute Gasteiger partial charge is 0.346 e. The van der Waals surface area contributed by atoms with Gasteiger partial charge in [-0.2, -0.15) is 0 Å². The Bertz CT molecular complexity index is 354. The van der Waals surface area contributed by atoms with Crippen LogP contribution in [0.15, 0.2) is 5.38 Å². The Morgan fingerprint density at radius 2 is 2.27 bits per heavy atom. The molecule has 84 valence electrons. The van der Waals surface area contributed by atoms with E-state index < -0.39 is 10.8 Å². The number of nitrogens with two attached hydrogens (primary N) is 1. The Morgan fingerprint density at radius 3 is 2.80 bits per heavy atom. The van der Waals surface area contributed by atoms with Gasteiger partial charge in [0.25, 0.3) is 0 Å². The van der Waals surface area contributed by atoms with Crippen molar-refractivity contribution in [2.24, 2.45) is 5.73 Å². The summed E-state index contributed by atoms with van der Waals surface area (Å²) in [6.45, 7) is 3.63. The molecule has 1 unspecified atom stereocenters. The van der Waals surface area contributed by atoms with Crippen LogP contribution in [0.5, 0.6) is 0 Å². The Labute approximate surface area is 95.9 Å². The van der Waals surface area contributed by atoms with Gasteiger partial charge in [0.15, 0.2) is 5.13 Å². The van der Waals surface area contributed by atoms with Gasteiger partial charge >= 0.3 is 0 Å². The van der Waals surface area contributed by atoms with Crippen LogP contribution >= 0.6 is 11.3 Å². The minimum absolute atomic E-state index is 0.00563. The van der Waals surface area contributed by atoms with Crippen LogP contribution in [0, 0.1) is 0 Å². The van der Waals surface area contributed by atoms with Crippen molar-refractivity contribution in [2.45, 2.75) is 13.0 Å². The number of hydrogen-bond donors (Lipinski definition) is 1. The molecule has 6 heteroatoms. The quantitative estimate of drug-likeness (QED) is 0.834. The van der Waals surface area contributed by atoms with Gasteiger partial charge in [-0.15, -0.1) is 11.3 Å². The van der Waals surface area contributed by atoms with Gasteiger partial charge in [0.2, 0.25) is 0 Å². The van der Waals surface area contributed by atoms with Crippen LogP contribution in [0.1, 0.15) is 18.7 Å². The van der Waals surface area contributed by atoms with Crippen LogP contribution < -0.4 is 10.6 Å². The van der Waals surface area contributed by atoms with E-state index in [0.29, 0.717) is 0 Å². The molecule has 15 heavy (non-hydrogen) atoms. The molecule has 2 heterocycles. The summed E-state index contributed by atoms with van der Waals surface area (Å²) in [5.74, 6) is 1.51. The van der Waals surface area contributed by atoms with Crippen molar-refractivity contribution < 1.29 is 4.21 Å². The number of nitrogens with zero attached hydrogens (tertiary/aromatic N) is 2. The van der Waals surface area contributed by atoms with E-state index in [-0.39, 0.29) is 6.04 Å². The van der Waals surface area contributed by atoms with E-state index in [2.05, 4.69) is 9.88 Å². The SMILES string of the molecule is CC(N)c1csc(N2CCS(=O)CC2)n1. The summed E-state index contributed by atoms with van der Waals surface area (Å²) in [4.78, 5) is 6.67. The average molecular weight is 245 g/mol. The summed E-state index contributed by atoms with van der Waals surface area (Å²) < 4.78 is 11.2. The summed E-state index contributed by atoms with van der Waals surface area (Å²) in [5.41, 5.74) is 6.70. The van der Waals surface area contributed by atoms with Crippen LogP contribution in [0.3, 0.4) is 0 Å². The zero-order valence-electron chi connectivity index (χ0n) is 8.68. The second-order valence-corrected chi connectivity index (χ2v) is 6.21. The molecule has 4 nitrogen and oxygen atoms in total. The molecule has 0 bridgehead atoms. The van der Waals surface area contributed by atoms with Gasteiger partial charge in [0.1, 0.15) is 0 Å². The maximum absolute atomic E-state index is 11.2. The van der Waals surface area contributed by atoms with Crippen LogP contribution in [-0.4, -0.2) is 33.8 Å². The van der Waals surface area contributed by atoms with Crippen molar-refractivity contribution >= 4 is 27.3 Å². The van der Waals surface area contributed by atoms with Gasteiger partial charge in [-0.3, -0.25) is 4.21 Å². The molecule has 0 aliphatic carbocycles. The van der Waals surface area contributed by atoms with Crippen molar-refractivity contribution in [2.75, 3.05) is 29.5 Å². The molecular formula is C9H15N3OS2. The van der Waals surface area contributed by atoms with Crippen molar-refractivity contribution in [3.63, 3.8) is 0 Å². The first-order chi connectivity index (χ1) is 7.16. The number of thiazole rings is 1. The first kappa shape index (κ1) is 11.0. The molecule has 1 aliphatic rings. The normalized spacial score (nSPS) is 20.5. The fourth-order valence-electron chi connectivity index (χ4n) is 1.46. The lowest BCUT2D eigenvalue weighted by molar-refractivity contribution is 0.672. The Kier molecular flexibility index (Phi) is 3.38. The molecule has 0 aromatic carbocycles. The van der Waals surface area contributed by atoms with Gasteiger partial charge in [-0.1, -0.05) is 0 Å². The fraction of sp³-hybridized carbons (Fsp3) is 0.667. The summed E-state index contributed by atoms with van der Waals surface area (Å²) in [7, 11) is -0.626. The van der Waals surface area contributed by atoms with E-state index in [9.17, 15) is 4.21 Å². The molecule has 0 radical (unpaired) electrons. The molecule has 1 fully saturated rings. The van der Waals surface area contributed by atoms with Crippen molar-refractivity contribution in [3.05, 3.63) is 11.1 Å². The van der Waals surface area contributed by atoms with E-state index in [1.54, 1.807) is 11.3 Å². The zero-order valence-corrected chi connectivity index (χ0v) is 10.3. The lowest BCUT2D eigenvalue weighted by Gasteiger charge is -2.25. The van der Waals surface area contributed by atoms with Crippen molar-refractivity contribution in [1.29, 1.82) is 0 Å². The van der Waals surface area contributed by atoms with Crippen molar-refractivity contribution in [3.8, 4) is 0 Å². The predicted octanol–water partition coefficient (Wildman–Crippen LogP) is 0.732. The van der Waals surface area contributed by atoms with E-state index in [1.165, 1.54) is 0 Å². The standard InChI is InChI=1S/C9H15N3OS2/c1-7(10)8-6-14-9(11-8)12-2-4-15(13)5-3-12/h6-7H,2-5,10H2,1H3. The summed E-state index contributed by atoms with van der Waals surface area (Å²) in [6, 6.07) is -0.00563. The second kappa shape index (κ2) is 4.59. The molecule has 2 rings (SSSR count). The highest BCUT2D eigenvalue weighted by Crippen LogP contribution is 2.23. The summed E-state index contributed by atoms with van der Waals surface area (Å²) in [6.07, 6.45) is 0. The fourth-order valence-corrected chi connectivity index (χ4v) is 3.50. The molecule has 0 saturated carbocycles. The van der Waals surface area contributed by atoms with Crippen molar-refractivity contribution in [1.82, 2.24) is 4.98 Å². The summed E-state index contributed by atoms with van der Waals surface area (Å²) in [5, 5.41) is 3.02. The lowest BCUT2D eigenvalue weighted by Crippen LogP contribution is -2.37. The molecule has 1 aromatic heterocycles. The van der Waals surface area contributed by atoms with Crippen LogP contribution in [0.2, 0.25) is 0 Å². The first-order valence-electron chi connectivity index (χ1n) is 4.98. The van der Waals surface area contributed by atoms with Crippen LogP contribution in [-0.2, 0) is 10.8 Å². The summed E-state index contributed by atoms with van der Waals surface area (Å²) >= 11 is 1.62. The highest BCUT2D eigenvalue weighted by atomic mass is 32.2. The molecule has 1 atom stereocenters. The third kappa shape index (κ3) is 2.56. The van der Waals surface area contributed by atoms with Crippen LogP contribution in [0.25, 0.3) is 0 Å². The monoisotopic (exact) mass is 245 g/mol. The average Bonchev–Trinajstić information content (AvgIpc) is 2.68. The van der Waals surface area contributed by atoms with Gasteiger partial charge < -0.3 is 10.6 Å². The zero-order chi connectivity index (χ0) is 10.8. The highest BCUT2D eigenvalue weighted by Gasteiger charge is 2.18. The molecule has 1 aliphatic heterocycles. The Balaban J connectivity index is 2.06. The van der Waals surface area contributed by atoms with Gasteiger partial charge in [0, 0.05) is 46.8 Å². The molecule has 0 spiro atoms. The van der Waals surface area contributed by atoms with Crippen LogP contribution in [0.4, 0.5) is 5.13 Å². The Hall–Kier alpha value is -0.460. The maximum atomic E-state index is 11.2. The third-order valence-corrected chi connectivity index (χ3v) is 4.62. The third-order valence-electron chi connectivity index (χ3n) is 2.42. The molecule has 1 saturated heterocycles. The highest BCUT2D eigenvalue weighted by molar-refractivity contribution is 7.85. The smallest absolute Gasteiger partial charge is 0.185 e. The number of anilines is 1. The molecule has 2 N–H and O–H groups in total. The van der Waals surface area contributed by atoms with E-state index in [4.69, 9.17) is 5.73 Å². The number of rotatable bonds is 2. The second-order valence-electron chi connectivity index (χ2n) is 3.68. The Morgan fingerprint density at radius 1 is 1.60 bits per heavy atom. The van der Waals surface area contributed by atoms with E-state index in [0.717, 1.165) is 35.4 Å². The topological polar surface area (TPSA) is 59.2 Å². The first-order valence-corrected chi connectivity index (χ1v) is 7.34. The van der Waals surface area contributed by atoms with E-state index in [1.807, 2.05) is 12.3 Å². The van der Waals surface area contributed by atoms with Gasteiger partial charge in [0.05, 0.1) is 5.69 Å². The molecule has 0 amide bonds. The van der Waals surface area contributed by atoms with Gasteiger partial charge in [-0.05, 0) is 6.92 Å². The minimum atomic E-state index is -0.626. The van der Waals surface area contributed by atoms with Gasteiger partial charge in [-0.25, -0.2) is 4.98 Å². The minimum Gasteiger partial charge on any atom is -0.346 e. The maximum Gasteiger partial charge on any atom is 0.185 e. The molecule has 1 aromatic rings. The lowest BCUT2D eigenvalue weighted by atomic mass is 10.3. The predicted molar refractivity (Wildman–Crippen MR) is 64.8 cm³/mol.